The summed E-state index contributed by atoms with van der Waals surface area (Å²) in [5.74, 6) is 1.72. The van der Waals surface area contributed by atoms with Crippen molar-refractivity contribution in [2.45, 2.75) is 25.4 Å². The molecule has 3 aromatic rings. The Bertz CT molecular complexity index is 1050. The minimum Gasteiger partial charge on any atom is -0.497 e. The molecule has 2 aromatic carbocycles. The molecule has 1 amide bonds. The molecule has 0 bridgehead atoms. The molecule has 4 rings (SSSR count). The molecule has 0 radical (unpaired) electrons. The first-order chi connectivity index (χ1) is 15.6. The number of amides is 1. The van der Waals surface area contributed by atoms with Gasteiger partial charge in [-0.1, -0.05) is 18.2 Å². The number of carbonyl (C=O) groups excluding carboxylic acids is 1. The molecule has 1 aromatic heterocycles. The first kappa shape index (κ1) is 21.9. The van der Waals surface area contributed by atoms with Gasteiger partial charge in [-0.2, -0.15) is 5.10 Å². The molecule has 7 nitrogen and oxygen atoms in total. The zero-order chi connectivity index (χ0) is 22.5. The molecule has 1 aliphatic rings. The van der Waals surface area contributed by atoms with Crippen LogP contribution in [0.4, 0.5) is 0 Å². The lowest BCUT2D eigenvalue weighted by molar-refractivity contribution is -0.131. The third-order valence-corrected chi connectivity index (χ3v) is 6.00. The molecule has 0 N–H and O–H groups in total. The summed E-state index contributed by atoms with van der Waals surface area (Å²) >= 11 is 0. The number of likely N-dealkylation sites (tertiary alicyclic amines) is 1. The van der Waals surface area contributed by atoms with Gasteiger partial charge in [-0.25, -0.2) is 4.68 Å². The second kappa shape index (κ2) is 9.87. The normalized spacial score (nSPS) is 16.2. The van der Waals surface area contributed by atoms with Gasteiger partial charge in [-0.05, 0) is 49.7 Å². The fourth-order valence-electron chi connectivity index (χ4n) is 4.29. The number of carbonyl (C=O) groups is 1. The third kappa shape index (κ3) is 4.78. The molecule has 1 saturated heterocycles. The van der Waals surface area contributed by atoms with E-state index in [1.807, 2.05) is 72.7 Å². The number of hydrogen-bond donors (Lipinski definition) is 0. The van der Waals surface area contributed by atoms with Gasteiger partial charge < -0.3 is 14.4 Å². The van der Waals surface area contributed by atoms with Crippen LogP contribution in [0.5, 0.6) is 11.5 Å². The van der Waals surface area contributed by atoms with Crippen LogP contribution in [0.1, 0.15) is 30.0 Å². The van der Waals surface area contributed by atoms with E-state index in [1.165, 1.54) is 0 Å². The first-order valence-corrected chi connectivity index (χ1v) is 10.9. The van der Waals surface area contributed by atoms with Gasteiger partial charge in [0, 0.05) is 37.0 Å². The van der Waals surface area contributed by atoms with Crippen molar-refractivity contribution >= 4 is 5.91 Å². The summed E-state index contributed by atoms with van der Waals surface area (Å²) in [5, 5.41) is 4.43. The van der Waals surface area contributed by atoms with E-state index in [1.54, 1.807) is 19.1 Å². The molecular weight excluding hydrogens is 404 g/mol. The highest BCUT2D eigenvalue weighted by atomic mass is 16.5. The Morgan fingerprint density at radius 2 is 1.97 bits per heavy atom. The molecule has 1 unspecified atom stereocenters. The van der Waals surface area contributed by atoms with E-state index in [-0.39, 0.29) is 11.9 Å². The Morgan fingerprint density at radius 1 is 1.16 bits per heavy atom. The van der Waals surface area contributed by atoms with E-state index < -0.39 is 0 Å². The maximum atomic E-state index is 13.0. The Balaban J connectivity index is 1.41. The largest absolute Gasteiger partial charge is 0.497 e. The Kier molecular flexibility index (Phi) is 6.75. The van der Waals surface area contributed by atoms with E-state index in [2.05, 4.69) is 10.00 Å². The highest BCUT2D eigenvalue weighted by Crippen LogP contribution is 2.38. The second-order valence-electron chi connectivity index (χ2n) is 8.11. The van der Waals surface area contributed by atoms with Crippen LogP contribution in [0.3, 0.4) is 0 Å². The van der Waals surface area contributed by atoms with E-state index in [0.29, 0.717) is 13.1 Å². The maximum absolute atomic E-state index is 13.0. The summed E-state index contributed by atoms with van der Waals surface area (Å²) in [7, 11) is 5.19. The molecule has 0 spiro atoms. The molecule has 1 fully saturated rings. The molecule has 1 atom stereocenters. The van der Waals surface area contributed by atoms with Gasteiger partial charge in [0.1, 0.15) is 11.5 Å². The van der Waals surface area contributed by atoms with Crippen molar-refractivity contribution in [2.24, 2.45) is 0 Å². The van der Waals surface area contributed by atoms with Crippen LogP contribution < -0.4 is 9.47 Å². The van der Waals surface area contributed by atoms with Crippen molar-refractivity contribution in [3.8, 4) is 17.2 Å². The van der Waals surface area contributed by atoms with Gasteiger partial charge in [0.2, 0.25) is 5.91 Å². The summed E-state index contributed by atoms with van der Waals surface area (Å²) in [4.78, 5) is 17.0. The van der Waals surface area contributed by atoms with E-state index in [9.17, 15) is 4.79 Å². The van der Waals surface area contributed by atoms with Crippen LogP contribution in [0.2, 0.25) is 0 Å². The van der Waals surface area contributed by atoms with Crippen LogP contribution in [0, 0.1) is 0 Å². The number of para-hydroxylation sites is 1. The predicted molar refractivity (Wildman–Crippen MR) is 123 cm³/mol. The van der Waals surface area contributed by atoms with Crippen molar-refractivity contribution in [1.29, 1.82) is 0 Å². The number of ether oxygens (including phenoxy) is 2. The topological polar surface area (TPSA) is 59.8 Å². The lowest BCUT2D eigenvalue weighted by atomic mass is 10.0. The van der Waals surface area contributed by atoms with Gasteiger partial charge in [0.15, 0.2) is 0 Å². The molecule has 32 heavy (non-hydrogen) atoms. The minimum atomic E-state index is 0.0891. The summed E-state index contributed by atoms with van der Waals surface area (Å²) in [6.45, 7) is 1.78. The molecule has 1 aliphatic heterocycles. The summed E-state index contributed by atoms with van der Waals surface area (Å²) in [5.41, 5.74) is 3.07. The molecular formula is C25H30N4O3. The Labute approximate surface area is 189 Å². The van der Waals surface area contributed by atoms with Crippen molar-refractivity contribution in [3.05, 3.63) is 72.1 Å². The fraction of sp³-hybridized carbons (Fsp3) is 0.360. The minimum absolute atomic E-state index is 0.0891. The van der Waals surface area contributed by atoms with Crippen LogP contribution >= 0.6 is 0 Å². The highest BCUT2D eigenvalue weighted by molar-refractivity contribution is 5.78. The molecule has 0 saturated carbocycles. The SMILES string of the molecule is COc1ccc(OC)c(C2CCCN2CC(=O)N(C)Cc2cnn(-c3ccccc3)c2)c1. The molecule has 2 heterocycles. The number of hydrogen-bond acceptors (Lipinski definition) is 5. The lowest BCUT2D eigenvalue weighted by Gasteiger charge is -2.28. The van der Waals surface area contributed by atoms with E-state index in [4.69, 9.17) is 9.47 Å². The van der Waals surface area contributed by atoms with Crippen LogP contribution in [0.25, 0.3) is 5.69 Å². The zero-order valence-corrected chi connectivity index (χ0v) is 18.9. The van der Waals surface area contributed by atoms with E-state index in [0.717, 1.165) is 47.7 Å². The quantitative estimate of drug-likeness (QED) is 0.541. The maximum Gasteiger partial charge on any atom is 0.236 e. The molecule has 7 heteroatoms. The first-order valence-electron chi connectivity index (χ1n) is 10.9. The zero-order valence-electron chi connectivity index (χ0n) is 18.9. The summed E-state index contributed by atoms with van der Waals surface area (Å²) < 4.78 is 12.8. The number of benzene rings is 2. The van der Waals surface area contributed by atoms with Crippen molar-refractivity contribution in [1.82, 2.24) is 19.6 Å². The van der Waals surface area contributed by atoms with Crippen molar-refractivity contribution in [2.75, 3.05) is 34.4 Å². The lowest BCUT2D eigenvalue weighted by Crippen LogP contribution is -2.37. The standard InChI is InChI=1S/C25H30N4O3/c1-27(16-19-15-26-29(17-19)20-8-5-4-6-9-20)25(30)18-28-13-7-10-23(28)22-14-21(31-2)11-12-24(22)32-3/h4-6,8-9,11-12,14-15,17,23H,7,10,13,16,18H2,1-3H3. The third-order valence-electron chi connectivity index (χ3n) is 6.00. The number of rotatable bonds is 8. The van der Waals surface area contributed by atoms with Gasteiger partial charge in [0.05, 0.1) is 32.6 Å². The number of aromatic nitrogens is 2. The smallest absolute Gasteiger partial charge is 0.236 e. The number of nitrogens with zero attached hydrogens (tertiary/aromatic N) is 4. The van der Waals surface area contributed by atoms with E-state index >= 15 is 0 Å². The van der Waals surface area contributed by atoms with Gasteiger partial charge in [-0.3, -0.25) is 9.69 Å². The van der Waals surface area contributed by atoms with Crippen LogP contribution in [0.15, 0.2) is 60.9 Å². The van der Waals surface area contributed by atoms with Crippen LogP contribution in [-0.4, -0.2) is 59.8 Å². The van der Waals surface area contributed by atoms with Gasteiger partial charge >= 0.3 is 0 Å². The molecule has 0 aliphatic carbocycles. The van der Waals surface area contributed by atoms with Gasteiger partial charge in [-0.15, -0.1) is 0 Å². The monoisotopic (exact) mass is 434 g/mol. The van der Waals surface area contributed by atoms with Gasteiger partial charge in [0.25, 0.3) is 0 Å². The predicted octanol–water partition coefficient (Wildman–Crippen LogP) is 3.69. The van der Waals surface area contributed by atoms with Crippen molar-refractivity contribution < 1.29 is 14.3 Å². The summed E-state index contributed by atoms with van der Waals surface area (Å²) in [6, 6.07) is 15.9. The molecule has 168 valence electrons. The number of methoxy groups -OCH3 is 2. The average molecular weight is 435 g/mol. The summed E-state index contributed by atoms with van der Waals surface area (Å²) in [6.07, 6.45) is 5.83. The Morgan fingerprint density at radius 3 is 2.72 bits per heavy atom. The fourth-order valence-corrected chi connectivity index (χ4v) is 4.29. The number of likely N-dealkylation sites (N-methyl/N-ethyl adjacent to an activating group) is 1. The average Bonchev–Trinajstić information content (AvgIpc) is 3.48. The second-order valence-corrected chi connectivity index (χ2v) is 8.11. The highest BCUT2D eigenvalue weighted by Gasteiger charge is 2.30. The Hall–Kier alpha value is -3.32. The van der Waals surface area contributed by atoms with Crippen LogP contribution in [-0.2, 0) is 11.3 Å². The van der Waals surface area contributed by atoms with Crippen molar-refractivity contribution in [3.63, 3.8) is 0 Å².